The largest absolute Gasteiger partial charge is 0.344 e. The summed E-state index contributed by atoms with van der Waals surface area (Å²) in [6.07, 6.45) is 7.75. The van der Waals surface area contributed by atoms with E-state index in [0.29, 0.717) is 6.42 Å². The van der Waals surface area contributed by atoms with Gasteiger partial charge >= 0.3 is 0 Å². The zero-order chi connectivity index (χ0) is 18.2. The molecule has 0 aliphatic heterocycles. The minimum Gasteiger partial charge on any atom is -0.344 e. The van der Waals surface area contributed by atoms with Gasteiger partial charge in [-0.25, -0.2) is 0 Å². The number of hydrogen-bond donors (Lipinski definition) is 2. The van der Waals surface area contributed by atoms with Crippen LogP contribution in [0.25, 0.3) is 0 Å². The van der Waals surface area contributed by atoms with Crippen molar-refractivity contribution in [1.29, 1.82) is 0 Å². The van der Waals surface area contributed by atoms with E-state index in [1.54, 1.807) is 0 Å². The fourth-order valence-corrected chi connectivity index (χ4v) is 3.35. The Kier molecular flexibility index (Phi) is 7.48. The van der Waals surface area contributed by atoms with Crippen LogP contribution in [0.3, 0.4) is 0 Å². The molecule has 1 aromatic carbocycles. The molecule has 0 heterocycles. The molecule has 4 nitrogen and oxygen atoms in total. The van der Waals surface area contributed by atoms with Crippen LogP contribution in [0.2, 0.25) is 0 Å². The summed E-state index contributed by atoms with van der Waals surface area (Å²) in [6.45, 7) is 6.17. The average Bonchev–Trinajstić information content (AvgIpc) is 3.07. The summed E-state index contributed by atoms with van der Waals surface area (Å²) in [5.74, 6) is -0.0384. The van der Waals surface area contributed by atoms with Gasteiger partial charge in [0.15, 0.2) is 0 Å². The van der Waals surface area contributed by atoms with Crippen LogP contribution in [0.5, 0.6) is 0 Å². The second kappa shape index (κ2) is 9.59. The maximum Gasteiger partial charge on any atom is 0.247 e. The molecule has 0 spiro atoms. The first kappa shape index (κ1) is 19.5. The van der Waals surface area contributed by atoms with E-state index in [-0.39, 0.29) is 17.7 Å². The van der Waals surface area contributed by atoms with E-state index in [1.807, 2.05) is 19.9 Å². The van der Waals surface area contributed by atoms with Gasteiger partial charge < -0.3 is 10.6 Å². The molecule has 0 fully saturated rings. The van der Waals surface area contributed by atoms with Crippen LogP contribution in [0.15, 0.2) is 18.2 Å². The molecular weight excluding hydrogens is 312 g/mol. The zero-order valence-corrected chi connectivity index (χ0v) is 15.9. The standard InChI is InChI=1S/C21H32N2O2/c1-4-6-7-11-19(24)23-20(15(3)5-2)21(25)22-18-13-12-16-9-8-10-17(16)14-18/h12-15,20H,4-11H2,1-3H3,(H,22,25)(H,23,24). The average molecular weight is 344 g/mol. The van der Waals surface area contributed by atoms with E-state index in [4.69, 9.17) is 0 Å². The van der Waals surface area contributed by atoms with Crippen molar-refractivity contribution in [1.82, 2.24) is 5.32 Å². The fourth-order valence-electron chi connectivity index (χ4n) is 3.35. The van der Waals surface area contributed by atoms with Crippen molar-refractivity contribution < 1.29 is 9.59 Å². The molecule has 1 aliphatic carbocycles. The summed E-state index contributed by atoms with van der Waals surface area (Å²) in [4.78, 5) is 24.9. The Morgan fingerprint density at radius 2 is 1.88 bits per heavy atom. The Labute approximate surface area is 151 Å². The van der Waals surface area contributed by atoms with Gasteiger partial charge in [-0.3, -0.25) is 9.59 Å². The number of fused-ring (bicyclic) bond motifs is 1. The first-order chi connectivity index (χ1) is 12.0. The Morgan fingerprint density at radius 1 is 1.12 bits per heavy atom. The predicted octanol–water partition coefficient (Wildman–Crippen LogP) is 4.23. The molecule has 0 bridgehead atoms. The fraction of sp³-hybridized carbons (Fsp3) is 0.619. The highest BCUT2D eigenvalue weighted by Gasteiger charge is 2.26. The van der Waals surface area contributed by atoms with Gasteiger partial charge in [-0.2, -0.15) is 0 Å². The molecule has 0 saturated heterocycles. The maximum atomic E-state index is 12.8. The third-order valence-electron chi connectivity index (χ3n) is 5.19. The molecule has 2 amide bonds. The lowest BCUT2D eigenvalue weighted by Gasteiger charge is -2.23. The number of nitrogens with one attached hydrogen (secondary N) is 2. The summed E-state index contributed by atoms with van der Waals surface area (Å²) >= 11 is 0. The number of anilines is 1. The number of aryl methyl sites for hydroxylation is 2. The molecule has 1 aromatic rings. The van der Waals surface area contributed by atoms with Crippen LogP contribution < -0.4 is 10.6 Å². The second-order valence-corrected chi connectivity index (χ2v) is 7.21. The maximum absolute atomic E-state index is 12.8. The Hall–Kier alpha value is -1.84. The van der Waals surface area contributed by atoms with Crippen molar-refractivity contribution in [3.63, 3.8) is 0 Å². The van der Waals surface area contributed by atoms with Gasteiger partial charge in [-0.1, -0.05) is 46.1 Å². The van der Waals surface area contributed by atoms with E-state index in [9.17, 15) is 9.59 Å². The molecule has 2 N–H and O–H groups in total. The Balaban J connectivity index is 1.99. The first-order valence-electron chi connectivity index (χ1n) is 9.77. The van der Waals surface area contributed by atoms with Crippen molar-refractivity contribution >= 4 is 17.5 Å². The van der Waals surface area contributed by atoms with Gasteiger partial charge in [-0.15, -0.1) is 0 Å². The molecule has 2 unspecified atom stereocenters. The van der Waals surface area contributed by atoms with Gasteiger partial charge in [0.1, 0.15) is 6.04 Å². The van der Waals surface area contributed by atoms with Crippen LogP contribution in [-0.2, 0) is 22.4 Å². The lowest BCUT2D eigenvalue weighted by Crippen LogP contribution is -2.47. The summed E-state index contributed by atoms with van der Waals surface area (Å²) in [5.41, 5.74) is 3.56. The smallest absolute Gasteiger partial charge is 0.247 e. The summed E-state index contributed by atoms with van der Waals surface area (Å²) < 4.78 is 0. The van der Waals surface area contributed by atoms with Crippen LogP contribution in [0, 0.1) is 5.92 Å². The lowest BCUT2D eigenvalue weighted by molar-refractivity contribution is -0.127. The number of hydrogen-bond acceptors (Lipinski definition) is 2. The van der Waals surface area contributed by atoms with Gasteiger partial charge in [0.05, 0.1) is 0 Å². The third kappa shape index (κ3) is 5.58. The van der Waals surface area contributed by atoms with Crippen molar-refractivity contribution in [2.75, 3.05) is 5.32 Å². The quantitative estimate of drug-likeness (QED) is 0.659. The SMILES string of the molecule is CCCCCC(=O)NC(C(=O)Nc1ccc2c(c1)CCC2)C(C)CC. The third-order valence-corrected chi connectivity index (χ3v) is 5.19. The van der Waals surface area contributed by atoms with Gasteiger partial charge in [-0.05, 0) is 54.9 Å². The van der Waals surface area contributed by atoms with E-state index in [0.717, 1.165) is 44.2 Å². The monoisotopic (exact) mass is 344 g/mol. The molecule has 1 aliphatic rings. The summed E-state index contributed by atoms with van der Waals surface area (Å²) in [5, 5.41) is 5.95. The number of carbonyl (C=O) groups is 2. The normalized spacial score (nSPS) is 15.3. The topological polar surface area (TPSA) is 58.2 Å². The van der Waals surface area contributed by atoms with Crippen molar-refractivity contribution in [2.45, 2.75) is 78.2 Å². The number of amides is 2. The molecule has 4 heteroatoms. The molecule has 2 rings (SSSR count). The molecule has 2 atom stereocenters. The Bertz CT molecular complexity index is 598. The summed E-state index contributed by atoms with van der Waals surface area (Å²) in [6, 6.07) is 5.68. The molecule has 0 saturated carbocycles. The lowest BCUT2D eigenvalue weighted by atomic mass is 9.97. The van der Waals surface area contributed by atoms with Crippen molar-refractivity contribution in [3.05, 3.63) is 29.3 Å². The van der Waals surface area contributed by atoms with Crippen LogP contribution >= 0.6 is 0 Å². The van der Waals surface area contributed by atoms with E-state index in [2.05, 4.69) is 29.7 Å². The highest BCUT2D eigenvalue weighted by atomic mass is 16.2. The highest BCUT2D eigenvalue weighted by molar-refractivity contribution is 5.97. The number of unbranched alkanes of at least 4 members (excludes halogenated alkanes) is 2. The van der Waals surface area contributed by atoms with Crippen LogP contribution in [0.4, 0.5) is 5.69 Å². The van der Waals surface area contributed by atoms with Crippen LogP contribution in [-0.4, -0.2) is 17.9 Å². The zero-order valence-electron chi connectivity index (χ0n) is 15.9. The molecule has 0 radical (unpaired) electrons. The molecule has 0 aromatic heterocycles. The molecule has 25 heavy (non-hydrogen) atoms. The second-order valence-electron chi connectivity index (χ2n) is 7.21. The minimum atomic E-state index is -0.479. The summed E-state index contributed by atoms with van der Waals surface area (Å²) in [7, 11) is 0. The molecular formula is C21H32N2O2. The number of benzene rings is 1. The number of rotatable bonds is 9. The minimum absolute atomic E-state index is 0.0251. The predicted molar refractivity (Wildman–Crippen MR) is 103 cm³/mol. The van der Waals surface area contributed by atoms with E-state index >= 15 is 0 Å². The first-order valence-corrected chi connectivity index (χ1v) is 9.77. The van der Waals surface area contributed by atoms with Crippen molar-refractivity contribution in [2.24, 2.45) is 5.92 Å². The highest BCUT2D eigenvalue weighted by Crippen LogP contribution is 2.25. The van der Waals surface area contributed by atoms with Gasteiger partial charge in [0.25, 0.3) is 0 Å². The number of carbonyl (C=O) groups excluding carboxylic acids is 2. The van der Waals surface area contributed by atoms with E-state index < -0.39 is 6.04 Å². The van der Waals surface area contributed by atoms with Crippen molar-refractivity contribution in [3.8, 4) is 0 Å². The Morgan fingerprint density at radius 3 is 2.60 bits per heavy atom. The molecule has 138 valence electrons. The van der Waals surface area contributed by atoms with Gasteiger partial charge in [0.2, 0.25) is 11.8 Å². The van der Waals surface area contributed by atoms with E-state index in [1.165, 1.54) is 17.5 Å². The van der Waals surface area contributed by atoms with Gasteiger partial charge in [0, 0.05) is 12.1 Å². The van der Waals surface area contributed by atoms with Crippen LogP contribution in [0.1, 0.15) is 70.4 Å².